The van der Waals surface area contributed by atoms with Gasteiger partial charge in [-0.15, -0.1) is 0 Å². The number of amides is 2. The molecule has 19 nitrogen and oxygen atoms in total. The fourth-order valence-electron chi connectivity index (χ4n) is 4.67. The van der Waals surface area contributed by atoms with Crippen molar-refractivity contribution in [3.8, 4) is 0 Å². The number of nitrogens with one attached hydrogen (secondary N) is 1. The van der Waals surface area contributed by atoms with Crippen molar-refractivity contribution < 1.29 is 85.1 Å². The number of ether oxygens (including phenoxy) is 3. The first kappa shape index (κ1) is 32.8. The van der Waals surface area contributed by atoms with Gasteiger partial charge in [-0.05, 0) is 0 Å². The Balaban J connectivity index is 1.97. The van der Waals surface area contributed by atoms with Gasteiger partial charge in [-0.2, -0.15) is 0 Å². The maximum absolute atomic E-state index is 13.5. The zero-order chi connectivity index (χ0) is 30.4. The molecule has 0 aromatic rings. The van der Waals surface area contributed by atoms with Crippen LogP contribution in [0, 0.1) is 0 Å². The minimum absolute atomic E-state index is 0.317. The minimum Gasteiger partial charge on any atom is -0.388 e. The van der Waals surface area contributed by atoms with Gasteiger partial charge in [0.1, 0.15) is 54.9 Å². The Bertz CT molecular complexity index is 930. The van der Waals surface area contributed by atoms with Crippen LogP contribution in [0.1, 0.15) is 6.92 Å². The molecule has 232 valence electrons. The monoisotopic (exact) mass is 588 g/mol. The van der Waals surface area contributed by atoms with Gasteiger partial charge in [0.05, 0.1) is 32.9 Å². The van der Waals surface area contributed by atoms with Crippen molar-refractivity contribution in [3.63, 3.8) is 0 Å². The van der Waals surface area contributed by atoms with Crippen LogP contribution in [-0.4, -0.2) is 189 Å². The van der Waals surface area contributed by atoms with Crippen LogP contribution in [-0.2, 0) is 23.8 Å². The summed E-state index contributed by atoms with van der Waals surface area (Å²) in [5.41, 5.74) is 0. The lowest BCUT2D eigenvalue weighted by atomic mass is 9.88. The molecule has 3 unspecified atom stereocenters. The Hall–Kier alpha value is -1.66. The second-order valence-corrected chi connectivity index (χ2v) is 10.2. The van der Waals surface area contributed by atoms with E-state index in [-0.39, 0.29) is 0 Å². The van der Waals surface area contributed by atoms with E-state index in [0.717, 1.165) is 6.92 Å². The van der Waals surface area contributed by atoms with Crippen LogP contribution < -0.4 is 5.32 Å². The fourth-order valence-corrected chi connectivity index (χ4v) is 4.67. The molecule has 0 radical (unpaired) electrons. The third kappa shape index (κ3) is 5.95. The molecule has 3 fully saturated rings. The third-order valence-corrected chi connectivity index (χ3v) is 7.26. The predicted octanol–water partition coefficient (Wildman–Crippen LogP) is -9.28. The van der Waals surface area contributed by atoms with Crippen molar-refractivity contribution in [1.82, 2.24) is 10.2 Å². The SMILES string of the molecule is CC(=O)N(CC1(O)OC[C@@H](O)[C@@H](O)[C@@H]1O)[C@H](C(=O)NCC1(O)OC[C@@H](O)[C@@H](O)[C@@H]1O)C1(O)OC[C@@H](O)[C@@H](O)[C@@H]1O. The summed E-state index contributed by atoms with van der Waals surface area (Å²) in [6, 6.07) is -2.48. The standard InChI is InChI=1S/C21H36N2O17/c1-7(24)23(6-20(36)16(32)12(29)9(26)3-39-20)14(21(37)17(33)13(30)10(27)4-40-21)18(34)22-5-19(35)15(31)11(28)8(25)2-38-19/h8-17,25-33,35-37H,2-6H2,1H3,(H,22,34)/t8-,9-,10-,11-,12-,13-,14-,15+,16+,17+,19?,20?,21?/m1/s1. The lowest BCUT2D eigenvalue weighted by molar-refractivity contribution is -0.349. The average Bonchev–Trinajstić information content (AvgIpc) is 2.91. The summed E-state index contributed by atoms with van der Waals surface area (Å²) in [5.74, 6) is -11.5. The third-order valence-electron chi connectivity index (χ3n) is 7.26. The highest BCUT2D eigenvalue weighted by molar-refractivity contribution is 5.88. The molecule has 2 amide bonds. The number of nitrogens with zero attached hydrogens (tertiary/aromatic N) is 1. The van der Waals surface area contributed by atoms with E-state index >= 15 is 0 Å². The zero-order valence-corrected chi connectivity index (χ0v) is 21.2. The maximum atomic E-state index is 13.5. The quantitative estimate of drug-likeness (QED) is 0.131. The zero-order valence-electron chi connectivity index (χ0n) is 21.2. The molecule has 13 atom stereocenters. The van der Waals surface area contributed by atoms with Crippen LogP contribution in [0.3, 0.4) is 0 Å². The molecule has 3 aliphatic heterocycles. The summed E-state index contributed by atoms with van der Waals surface area (Å²) < 4.78 is 15.0. The predicted molar refractivity (Wildman–Crippen MR) is 121 cm³/mol. The average molecular weight is 589 g/mol. The second-order valence-electron chi connectivity index (χ2n) is 10.2. The molecule has 0 spiro atoms. The van der Waals surface area contributed by atoms with E-state index in [0.29, 0.717) is 4.90 Å². The topological polar surface area (TPSA) is 320 Å². The minimum atomic E-state index is -3.24. The Morgan fingerprint density at radius 2 is 1.18 bits per heavy atom. The Morgan fingerprint density at radius 3 is 1.68 bits per heavy atom. The van der Waals surface area contributed by atoms with Crippen molar-refractivity contribution in [2.45, 2.75) is 85.3 Å². The summed E-state index contributed by atoms with van der Waals surface area (Å²) in [5, 5.41) is 125. The number of aliphatic hydroxyl groups is 12. The first-order valence-corrected chi connectivity index (χ1v) is 12.2. The van der Waals surface area contributed by atoms with Crippen LogP contribution in [0.5, 0.6) is 0 Å². The van der Waals surface area contributed by atoms with Crippen molar-refractivity contribution in [1.29, 1.82) is 0 Å². The summed E-state index contributed by atoms with van der Waals surface area (Å²) in [4.78, 5) is 26.5. The van der Waals surface area contributed by atoms with Gasteiger partial charge in [0.15, 0.2) is 6.04 Å². The summed E-state index contributed by atoms with van der Waals surface area (Å²) >= 11 is 0. The molecule has 40 heavy (non-hydrogen) atoms. The molecule has 13 N–H and O–H groups in total. The molecule has 0 aromatic heterocycles. The van der Waals surface area contributed by atoms with E-state index < -0.39 is 123 Å². The van der Waals surface area contributed by atoms with Crippen LogP contribution in [0.2, 0.25) is 0 Å². The molecule has 3 saturated heterocycles. The molecule has 0 aromatic carbocycles. The van der Waals surface area contributed by atoms with E-state index in [4.69, 9.17) is 14.2 Å². The Morgan fingerprint density at radius 1 is 0.750 bits per heavy atom. The fraction of sp³-hybridized carbons (Fsp3) is 0.905. The number of rotatable bonds is 7. The van der Waals surface area contributed by atoms with Gasteiger partial charge in [-0.3, -0.25) is 9.59 Å². The van der Waals surface area contributed by atoms with Gasteiger partial charge in [0, 0.05) is 6.92 Å². The van der Waals surface area contributed by atoms with E-state index in [1.54, 1.807) is 0 Å². The molecule has 3 rings (SSSR count). The van der Waals surface area contributed by atoms with Crippen molar-refractivity contribution in [2.75, 3.05) is 32.9 Å². The van der Waals surface area contributed by atoms with Crippen molar-refractivity contribution in [2.24, 2.45) is 0 Å². The van der Waals surface area contributed by atoms with Gasteiger partial charge in [0.2, 0.25) is 29.2 Å². The molecule has 0 bridgehead atoms. The van der Waals surface area contributed by atoms with Crippen LogP contribution in [0.4, 0.5) is 0 Å². The Labute approximate surface area is 226 Å². The normalized spacial score (nSPS) is 46.9. The lowest BCUT2D eigenvalue weighted by Crippen LogP contribution is -2.75. The largest absolute Gasteiger partial charge is 0.388 e. The van der Waals surface area contributed by atoms with Gasteiger partial charge in [0.25, 0.3) is 0 Å². The molecule has 19 heteroatoms. The molecule has 3 aliphatic rings. The molecular weight excluding hydrogens is 552 g/mol. The van der Waals surface area contributed by atoms with Crippen molar-refractivity contribution in [3.05, 3.63) is 0 Å². The first-order valence-electron chi connectivity index (χ1n) is 12.2. The van der Waals surface area contributed by atoms with E-state index in [9.17, 15) is 70.9 Å². The molecule has 0 aliphatic carbocycles. The van der Waals surface area contributed by atoms with E-state index in [2.05, 4.69) is 0 Å². The number of aliphatic hydroxyl groups excluding tert-OH is 9. The maximum Gasteiger partial charge on any atom is 0.248 e. The highest BCUT2D eigenvalue weighted by Gasteiger charge is 2.61. The van der Waals surface area contributed by atoms with Crippen LogP contribution in [0.15, 0.2) is 0 Å². The molecule has 3 heterocycles. The molecule has 0 saturated carbocycles. The van der Waals surface area contributed by atoms with Gasteiger partial charge < -0.3 is 85.7 Å². The highest BCUT2D eigenvalue weighted by atomic mass is 16.7. The summed E-state index contributed by atoms with van der Waals surface area (Å²) in [7, 11) is 0. The number of carbonyl (C=O) groups is 2. The number of carbonyl (C=O) groups excluding carboxylic acids is 2. The Kier molecular flexibility index (Phi) is 9.78. The van der Waals surface area contributed by atoms with Crippen LogP contribution >= 0.6 is 0 Å². The highest BCUT2D eigenvalue weighted by Crippen LogP contribution is 2.33. The first-order chi connectivity index (χ1) is 18.4. The summed E-state index contributed by atoms with van der Waals surface area (Å²) in [6.45, 7) is -3.79. The molecular formula is C21H36N2O17. The second kappa shape index (κ2) is 11.9. The number of hydrogen-bond acceptors (Lipinski definition) is 17. The van der Waals surface area contributed by atoms with Gasteiger partial charge in [-0.25, -0.2) is 0 Å². The smallest absolute Gasteiger partial charge is 0.248 e. The van der Waals surface area contributed by atoms with Gasteiger partial charge in [-0.1, -0.05) is 0 Å². The van der Waals surface area contributed by atoms with Crippen LogP contribution in [0.25, 0.3) is 0 Å². The van der Waals surface area contributed by atoms with E-state index in [1.165, 1.54) is 0 Å². The van der Waals surface area contributed by atoms with Gasteiger partial charge >= 0.3 is 0 Å². The van der Waals surface area contributed by atoms with E-state index in [1.807, 2.05) is 5.32 Å². The summed E-state index contributed by atoms with van der Waals surface area (Å²) in [6.07, 6.45) is -18.0. The van der Waals surface area contributed by atoms with Crippen molar-refractivity contribution >= 4 is 11.8 Å². The lowest BCUT2D eigenvalue weighted by Gasteiger charge is -2.50. The number of hydrogen-bond donors (Lipinski definition) is 13.